The minimum Gasteiger partial charge on any atom is -0.464 e. The smallest absolute Gasteiger partial charge is 0.268 e. The van der Waals surface area contributed by atoms with Gasteiger partial charge in [-0.05, 0) is 26.0 Å². The maximum Gasteiger partial charge on any atom is 0.268 e. The molecule has 2 aromatic rings. The Morgan fingerprint density at radius 1 is 1.55 bits per heavy atom. The molecule has 0 aliphatic carbocycles. The first kappa shape index (κ1) is 14.4. The molecular weight excluding hydrogens is 276 g/mol. The third-order valence-electron chi connectivity index (χ3n) is 2.71. The maximum absolute atomic E-state index is 12.3. The molecule has 1 amide bonds. The molecule has 0 atom stereocenters. The number of thiazole rings is 1. The van der Waals surface area contributed by atoms with E-state index in [1.54, 1.807) is 11.9 Å². The summed E-state index contributed by atoms with van der Waals surface area (Å²) in [6.45, 7) is 4.97. The van der Waals surface area contributed by atoms with Crippen molar-refractivity contribution in [3.63, 3.8) is 0 Å². The van der Waals surface area contributed by atoms with Crippen LogP contribution in [-0.4, -0.2) is 29.4 Å². The Hall–Kier alpha value is -2.02. The van der Waals surface area contributed by atoms with Gasteiger partial charge in [0.2, 0.25) is 0 Å². The van der Waals surface area contributed by atoms with Crippen LogP contribution in [0.15, 0.2) is 16.5 Å². The van der Waals surface area contributed by atoms with Gasteiger partial charge in [0.05, 0.1) is 6.54 Å². The molecule has 2 aromatic heterocycles. The molecule has 108 valence electrons. The van der Waals surface area contributed by atoms with Crippen molar-refractivity contribution in [2.75, 3.05) is 24.6 Å². The van der Waals surface area contributed by atoms with E-state index < -0.39 is 0 Å². The number of nitrogens with zero attached hydrogens (tertiary/aromatic N) is 2. The Labute approximate surface area is 121 Å². The molecule has 2 heterocycles. The molecule has 0 fully saturated rings. The fourth-order valence-electron chi connectivity index (χ4n) is 1.76. The number of nitrogens with one attached hydrogen (secondary N) is 1. The molecule has 0 aliphatic heterocycles. The van der Waals surface area contributed by atoms with Crippen molar-refractivity contribution in [3.05, 3.63) is 28.5 Å². The third kappa shape index (κ3) is 3.11. The van der Waals surface area contributed by atoms with Gasteiger partial charge in [0, 0.05) is 13.6 Å². The molecule has 0 spiro atoms. The Kier molecular flexibility index (Phi) is 4.29. The van der Waals surface area contributed by atoms with E-state index in [1.807, 2.05) is 26.0 Å². The minimum atomic E-state index is -0.154. The number of anilines is 2. The van der Waals surface area contributed by atoms with Crippen LogP contribution in [0.5, 0.6) is 0 Å². The fraction of sp³-hybridized carbons (Fsp3) is 0.385. The maximum atomic E-state index is 12.3. The molecule has 6 nitrogen and oxygen atoms in total. The van der Waals surface area contributed by atoms with Gasteiger partial charge in [0.1, 0.15) is 22.2 Å². The van der Waals surface area contributed by atoms with Gasteiger partial charge in [-0.2, -0.15) is 0 Å². The van der Waals surface area contributed by atoms with Gasteiger partial charge in [0.15, 0.2) is 5.13 Å². The Morgan fingerprint density at radius 3 is 2.90 bits per heavy atom. The average Bonchev–Trinajstić information content (AvgIpc) is 2.95. The van der Waals surface area contributed by atoms with E-state index in [9.17, 15) is 4.79 Å². The summed E-state index contributed by atoms with van der Waals surface area (Å²) in [7, 11) is 1.71. The monoisotopic (exact) mass is 294 g/mol. The van der Waals surface area contributed by atoms with E-state index in [0.717, 1.165) is 18.1 Å². The number of nitrogens with two attached hydrogens (primary N) is 1. The Bertz CT molecular complexity index is 605. The van der Waals surface area contributed by atoms with Gasteiger partial charge in [-0.15, -0.1) is 0 Å². The quantitative estimate of drug-likeness (QED) is 0.884. The van der Waals surface area contributed by atoms with Crippen LogP contribution < -0.4 is 11.1 Å². The van der Waals surface area contributed by atoms with Crippen LogP contribution in [-0.2, 0) is 6.54 Å². The predicted octanol–water partition coefficient (Wildman–Crippen LogP) is 2.33. The van der Waals surface area contributed by atoms with Crippen molar-refractivity contribution >= 4 is 28.2 Å². The minimum absolute atomic E-state index is 0.154. The molecular formula is C13H18N4O2S. The van der Waals surface area contributed by atoms with Crippen LogP contribution in [0.1, 0.15) is 28.1 Å². The lowest BCUT2D eigenvalue weighted by Crippen LogP contribution is -2.25. The van der Waals surface area contributed by atoms with E-state index in [2.05, 4.69) is 10.3 Å². The van der Waals surface area contributed by atoms with Crippen LogP contribution in [0, 0.1) is 6.92 Å². The molecule has 2 rings (SSSR count). The number of nitrogen functional groups attached to an aromatic ring is 1. The van der Waals surface area contributed by atoms with Crippen LogP contribution >= 0.6 is 11.3 Å². The lowest BCUT2D eigenvalue weighted by molar-refractivity contribution is 0.0780. The highest BCUT2D eigenvalue weighted by molar-refractivity contribution is 7.18. The summed E-state index contributed by atoms with van der Waals surface area (Å²) in [5, 5.41) is 3.72. The van der Waals surface area contributed by atoms with Gasteiger partial charge >= 0.3 is 0 Å². The number of aromatic nitrogens is 1. The Morgan fingerprint density at radius 2 is 2.30 bits per heavy atom. The van der Waals surface area contributed by atoms with Crippen molar-refractivity contribution in [1.29, 1.82) is 0 Å². The van der Waals surface area contributed by atoms with Crippen molar-refractivity contribution in [2.45, 2.75) is 20.4 Å². The van der Waals surface area contributed by atoms with E-state index in [0.29, 0.717) is 16.6 Å². The zero-order chi connectivity index (χ0) is 14.7. The second-order valence-electron chi connectivity index (χ2n) is 4.44. The van der Waals surface area contributed by atoms with Gasteiger partial charge < -0.3 is 20.4 Å². The number of rotatable bonds is 5. The SMILES string of the molecule is CCNc1nc(N)c(C(=O)N(C)Cc2ccc(C)o2)s1. The number of carbonyl (C=O) groups is 1. The lowest BCUT2D eigenvalue weighted by Gasteiger charge is -2.14. The molecule has 0 unspecified atom stereocenters. The van der Waals surface area contributed by atoms with Crippen molar-refractivity contribution < 1.29 is 9.21 Å². The highest BCUT2D eigenvalue weighted by Crippen LogP contribution is 2.26. The van der Waals surface area contributed by atoms with Gasteiger partial charge in [-0.3, -0.25) is 4.79 Å². The first-order valence-electron chi connectivity index (χ1n) is 6.32. The van der Waals surface area contributed by atoms with E-state index in [4.69, 9.17) is 10.2 Å². The molecule has 7 heteroatoms. The summed E-state index contributed by atoms with van der Waals surface area (Å²) in [6.07, 6.45) is 0. The number of aryl methyl sites for hydroxylation is 1. The molecule has 0 aliphatic rings. The van der Waals surface area contributed by atoms with Gasteiger partial charge in [-0.1, -0.05) is 11.3 Å². The zero-order valence-corrected chi connectivity index (χ0v) is 12.6. The molecule has 0 bridgehead atoms. The highest BCUT2D eigenvalue weighted by atomic mass is 32.1. The van der Waals surface area contributed by atoms with Crippen LogP contribution in [0.4, 0.5) is 10.9 Å². The van der Waals surface area contributed by atoms with Gasteiger partial charge in [0.25, 0.3) is 5.91 Å². The van der Waals surface area contributed by atoms with E-state index in [1.165, 1.54) is 11.3 Å². The van der Waals surface area contributed by atoms with Gasteiger partial charge in [-0.25, -0.2) is 4.98 Å². The molecule has 0 saturated carbocycles. The average molecular weight is 294 g/mol. The van der Waals surface area contributed by atoms with Crippen LogP contribution in [0.2, 0.25) is 0 Å². The molecule has 3 N–H and O–H groups in total. The van der Waals surface area contributed by atoms with Crippen molar-refractivity contribution in [3.8, 4) is 0 Å². The first-order chi connectivity index (χ1) is 9.51. The normalized spacial score (nSPS) is 10.6. The number of carbonyl (C=O) groups excluding carboxylic acids is 1. The standard InChI is InChI=1S/C13H18N4O2S/c1-4-15-13-16-11(14)10(20-13)12(18)17(3)7-9-6-5-8(2)19-9/h5-6H,4,7,14H2,1-3H3,(H,15,16). The zero-order valence-electron chi connectivity index (χ0n) is 11.8. The summed E-state index contributed by atoms with van der Waals surface area (Å²) in [5.41, 5.74) is 5.80. The number of furan rings is 1. The second-order valence-corrected chi connectivity index (χ2v) is 5.44. The molecule has 0 radical (unpaired) electrons. The van der Waals surface area contributed by atoms with E-state index in [-0.39, 0.29) is 11.7 Å². The second kappa shape index (κ2) is 5.96. The summed E-state index contributed by atoms with van der Waals surface area (Å²) in [4.78, 5) is 18.5. The first-order valence-corrected chi connectivity index (χ1v) is 7.13. The summed E-state index contributed by atoms with van der Waals surface area (Å²) < 4.78 is 5.46. The van der Waals surface area contributed by atoms with Crippen LogP contribution in [0.3, 0.4) is 0 Å². The molecule has 0 aromatic carbocycles. The van der Waals surface area contributed by atoms with Crippen molar-refractivity contribution in [1.82, 2.24) is 9.88 Å². The fourth-order valence-corrected chi connectivity index (χ4v) is 2.71. The third-order valence-corrected chi connectivity index (χ3v) is 3.73. The topological polar surface area (TPSA) is 84.4 Å². The predicted molar refractivity (Wildman–Crippen MR) is 79.9 cm³/mol. The van der Waals surface area contributed by atoms with E-state index >= 15 is 0 Å². The number of hydrogen-bond donors (Lipinski definition) is 2. The number of hydrogen-bond acceptors (Lipinski definition) is 6. The molecule has 20 heavy (non-hydrogen) atoms. The number of amides is 1. The summed E-state index contributed by atoms with van der Waals surface area (Å²) in [6, 6.07) is 3.73. The van der Waals surface area contributed by atoms with Crippen LogP contribution in [0.25, 0.3) is 0 Å². The largest absolute Gasteiger partial charge is 0.464 e. The summed E-state index contributed by atoms with van der Waals surface area (Å²) >= 11 is 1.27. The van der Waals surface area contributed by atoms with Crippen molar-refractivity contribution in [2.24, 2.45) is 0 Å². The lowest BCUT2D eigenvalue weighted by atomic mass is 10.3. The highest BCUT2D eigenvalue weighted by Gasteiger charge is 2.20. The summed E-state index contributed by atoms with van der Waals surface area (Å²) in [5.74, 6) is 1.68. The molecule has 0 saturated heterocycles. The Balaban J connectivity index is 2.09.